The van der Waals surface area contributed by atoms with Crippen molar-refractivity contribution in [3.8, 4) is 0 Å². The van der Waals surface area contributed by atoms with E-state index in [-0.39, 0.29) is 5.91 Å². The topological polar surface area (TPSA) is 46.3 Å². The van der Waals surface area contributed by atoms with Crippen LogP contribution in [0, 0.1) is 0 Å². The molecular weight excluding hydrogens is 184 g/mol. The van der Waals surface area contributed by atoms with Crippen LogP contribution >= 0.6 is 11.8 Å². The number of hydrogen-bond acceptors (Lipinski definition) is 3. The van der Waals surface area contributed by atoms with Crippen LogP contribution in [0.4, 0.5) is 0 Å². The van der Waals surface area contributed by atoms with E-state index in [0.717, 1.165) is 0 Å². The summed E-state index contributed by atoms with van der Waals surface area (Å²) >= 11 is 1.64. The molecule has 4 heteroatoms. The van der Waals surface area contributed by atoms with Crippen molar-refractivity contribution in [2.45, 2.75) is 31.1 Å². The number of nitrogens with two attached hydrogens (primary N) is 1. The maximum absolute atomic E-state index is 11.5. The standard InChI is InChI=1S/C9H18N2OS/c1-7(5-10)13-6-9(12)11(2)8-3-4-8/h7-8H,3-6,10H2,1-2H3. The number of nitrogens with zero attached hydrogens (tertiary/aromatic N) is 1. The van der Waals surface area contributed by atoms with Crippen molar-refractivity contribution < 1.29 is 4.79 Å². The van der Waals surface area contributed by atoms with Crippen LogP contribution in [0.3, 0.4) is 0 Å². The van der Waals surface area contributed by atoms with Gasteiger partial charge < -0.3 is 10.6 Å². The van der Waals surface area contributed by atoms with Crippen LogP contribution < -0.4 is 5.73 Å². The van der Waals surface area contributed by atoms with Gasteiger partial charge in [-0.2, -0.15) is 0 Å². The van der Waals surface area contributed by atoms with Gasteiger partial charge >= 0.3 is 0 Å². The Morgan fingerprint density at radius 3 is 2.77 bits per heavy atom. The molecule has 3 nitrogen and oxygen atoms in total. The molecule has 0 saturated heterocycles. The third kappa shape index (κ3) is 3.56. The van der Waals surface area contributed by atoms with Crippen LogP contribution in [-0.2, 0) is 4.79 Å². The minimum absolute atomic E-state index is 0.243. The van der Waals surface area contributed by atoms with Gasteiger partial charge in [0, 0.05) is 24.9 Å². The summed E-state index contributed by atoms with van der Waals surface area (Å²) in [5.74, 6) is 0.818. The fraction of sp³-hybridized carbons (Fsp3) is 0.889. The van der Waals surface area contributed by atoms with Crippen molar-refractivity contribution in [1.82, 2.24) is 4.90 Å². The molecule has 0 radical (unpaired) electrons. The molecule has 1 atom stereocenters. The van der Waals surface area contributed by atoms with Crippen LogP contribution in [0.15, 0.2) is 0 Å². The Balaban J connectivity index is 2.16. The van der Waals surface area contributed by atoms with E-state index in [1.807, 2.05) is 11.9 Å². The lowest BCUT2D eigenvalue weighted by Gasteiger charge is -2.16. The largest absolute Gasteiger partial charge is 0.342 e. The molecule has 13 heavy (non-hydrogen) atoms. The molecule has 1 aliphatic rings. The minimum Gasteiger partial charge on any atom is -0.342 e. The molecule has 0 bridgehead atoms. The van der Waals surface area contributed by atoms with Gasteiger partial charge in [-0.15, -0.1) is 11.8 Å². The third-order valence-electron chi connectivity index (χ3n) is 2.31. The van der Waals surface area contributed by atoms with Crippen molar-refractivity contribution in [2.75, 3.05) is 19.3 Å². The van der Waals surface area contributed by atoms with E-state index in [4.69, 9.17) is 5.73 Å². The van der Waals surface area contributed by atoms with Crippen LogP contribution in [-0.4, -0.2) is 41.4 Å². The predicted molar refractivity (Wildman–Crippen MR) is 56.8 cm³/mol. The molecule has 1 aliphatic carbocycles. The Bertz CT molecular complexity index is 182. The first-order chi connectivity index (χ1) is 6.15. The highest BCUT2D eigenvalue weighted by molar-refractivity contribution is 8.00. The molecule has 1 saturated carbocycles. The summed E-state index contributed by atoms with van der Waals surface area (Å²) < 4.78 is 0. The Morgan fingerprint density at radius 1 is 1.69 bits per heavy atom. The predicted octanol–water partition coefficient (Wildman–Crippen LogP) is 0.688. The average Bonchev–Trinajstić information content (AvgIpc) is 2.95. The zero-order chi connectivity index (χ0) is 9.84. The fourth-order valence-corrected chi connectivity index (χ4v) is 1.82. The Kier molecular flexibility index (Phi) is 4.06. The number of hydrogen-bond donors (Lipinski definition) is 1. The molecule has 0 aromatic rings. The van der Waals surface area contributed by atoms with E-state index >= 15 is 0 Å². The maximum Gasteiger partial charge on any atom is 0.232 e. The lowest BCUT2D eigenvalue weighted by molar-refractivity contribution is -0.127. The van der Waals surface area contributed by atoms with Crippen molar-refractivity contribution in [2.24, 2.45) is 5.73 Å². The Morgan fingerprint density at radius 2 is 2.31 bits per heavy atom. The number of carbonyl (C=O) groups excluding carboxylic acids is 1. The van der Waals surface area contributed by atoms with Crippen molar-refractivity contribution in [1.29, 1.82) is 0 Å². The van der Waals surface area contributed by atoms with Crippen LogP contribution in [0.5, 0.6) is 0 Å². The summed E-state index contributed by atoms with van der Waals surface area (Å²) in [5.41, 5.74) is 5.46. The van der Waals surface area contributed by atoms with Crippen molar-refractivity contribution in [3.05, 3.63) is 0 Å². The molecule has 1 unspecified atom stereocenters. The molecule has 0 aliphatic heterocycles. The summed E-state index contributed by atoms with van der Waals surface area (Å²) in [7, 11) is 1.90. The number of thioether (sulfide) groups is 1. The van der Waals surface area contributed by atoms with E-state index in [1.54, 1.807) is 11.8 Å². The highest BCUT2D eigenvalue weighted by atomic mass is 32.2. The molecule has 2 N–H and O–H groups in total. The zero-order valence-corrected chi connectivity index (χ0v) is 9.14. The number of carbonyl (C=O) groups is 1. The maximum atomic E-state index is 11.5. The summed E-state index contributed by atoms with van der Waals surface area (Å²) in [5, 5.41) is 0.386. The summed E-state index contributed by atoms with van der Waals surface area (Å²) in [6.07, 6.45) is 2.36. The first-order valence-electron chi connectivity index (χ1n) is 4.72. The smallest absolute Gasteiger partial charge is 0.232 e. The van der Waals surface area contributed by atoms with Crippen LogP contribution in [0.25, 0.3) is 0 Å². The second-order valence-corrected chi connectivity index (χ2v) is 5.02. The van der Waals surface area contributed by atoms with Crippen LogP contribution in [0.1, 0.15) is 19.8 Å². The first kappa shape index (κ1) is 10.9. The van der Waals surface area contributed by atoms with E-state index in [2.05, 4.69) is 6.92 Å². The summed E-state index contributed by atoms with van der Waals surface area (Å²) in [6.45, 7) is 2.69. The lowest BCUT2D eigenvalue weighted by Crippen LogP contribution is -2.31. The second-order valence-electron chi connectivity index (χ2n) is 3.59. The highest BCUT2D eigenvalue weighted by Crippen LogP contribution is 2.26. The van der Waals surface area contributed by atoms with E-state index in [1.165, 1.54) is 12.8 Å². The van der Waals surface area contributed by atoms with Crippen LogP contribution in [0.2, 0.25) is 0 Å². The molecule has 1 fully saturated rings. The normalized spacial score (nSPS) is 18.4. The molecule has 76 valence electrons. The van der Waals surface area contributed by atoms with Gasteiger partial charge in [0.25, 0.3) is 0 Å². The Hall–Kier alpha value is -0.220. The van der Waals surface area contributed by atoms with E-state index in [0.29, 0.717) is 23.6 Å². The van der Waals surface area contributed by atoms with Crippen molar-refractivity contribution >= 4 is 17.7 Å². The zero-order valence-electron chi connectivity index (χ0n) is 8.32. The van der Waals surface area contributed by atoms with E-state index in [9.17, 15) is 4.79 Å². The fourth-order valence-electron chi connectivity index (χ4n) is 1.05. The molecule has 0 heterocycles. The van der Waals surface area contributed by atoms with Gasteiger partial charge in [-0.3, -0.25) is 4.79 Å². The number of rotatable bonds is 5. The van der Waals surface area contributed by atoms with Gasteiger partial charge in [0.15, 0.2) is 0 Å². The van der Waals surface area contributed by atoms with Gasteiger partial charge in [-0.1, -0.05) is 6.92 Å². The molecule has 1 rings (SSSR count). The molecule has 0 spiro atoms. The summed E-state index contributed by atoms with van der Waals surface area (Å²) in [6, 6.07) is 0.529. The van der Waals surface area contributed by atoms with Crippen molar-refractivity contribution in [3.63, 3.8) is 0 Å². The van der Waals surface area contributed by atoms with Gasteiger partial charge in [0.1, 0.15) is 0 Å². The molecule has 0 aromatic heterocycles. The van der Waals surface area contributed by atoms with Gasteiger partial charge in [-0.25, -0.2) is 0 Å². The molecule has 1 amide bonds. The second kappa shape index (κ2) is 4.86. The highest BCUT2D eigenvalue weighted by Gasteiger charge is 2.29. The Labute approximate surface area is 84.0 Å². The monoisotopic (exact) mass is 202 g/mol. The molecular formula is C9H18N2OS. The van der Waals surface area contributed by atoms with Gasteiger partial charge in [0.2, 0.25) is 5.91 Å². The first-order valence-corrected chi connectivity index (χ1v) is 5.77. The molecule has 0 aromatic carbocycles. The van der Waals surface area contributed by atoms with E-state index < -0.39 is 0 Å². The van der Waals surface area contributed by atoms with Gasteiger partial charge in [-0.05, 0) is 12.8 Å². The third-order valence-corrected chi connectivity index (χ3v) is 3.49. The number of amides is 1. The minimum atomic E-state index is 0.243. The quantitative estimate of drug-likeness (QED) is 0.713. The summed E-state index contributed by atoms with van der Waals surface area (Å²) in [4.78, 5) is 13.4. The average molecular weight is 202 g/mol. The SMILES string of the molecule is CC(CN)SCC(=O)N(C)C1CC1. The van der Waals surface area contributed by atoms with Gasteiger partial charge in [0.05, 0.1) is 5.75 Å². The lowest BCUT2D eigenvalue weighted by atomic mass is 10.5.